The van der Waals surface area contributed by atoms with Gasteiger partial charge < -0.3 is 9.47 Å². The van der Waals surface area contributed by atoms with E-state index in [1.165, 1.54) is 18.2 Å². The number of hydrogen-bond acceptors (Lipinski definition) is 3. The highest BCUT2D eigenvalue weighted by atomic mass is 35.5. The summed E-state index contributed by atoms with van der Waals surface area (Å²) in [6.45, 7) is 2.15. The quantitative estimate of drug-likeness (QED) is 0.752. The summed E-state index contributed by atoms with van der Waals surface area (Å²) >= 11 is 5.82. The molecule has 0 unspecified atom stereocenters. The lowest BCUT2D eigenvalue weighted by Crippen LogP contribution is -2.12. The zero-order chi connectivity index (χ0) is 15.2. The van der Waals surface area contributed by atoms with Crippen LogP contribution in [0.1, 0.15) is 17.3 Å². The first-order valence-corrected chi connectivity index (χ1v) is 6.82. The summed E-state index contributed by atoms with van der Waals surface area (Å²) in [7, 11) is 0. The monoisotopic (exact) mass is 308 g/mol. The highest BCUT2D eigenvalue weighted by Crippen LogP contribution is 2.27. The molecule has 0 saturated carbocycles. The highest BCUT2D eigenvalue weighted by molar-refractivity contribution is 6.32. The first kappa shape index (κ1) is 15.3. The van der Waals surface area contributed by atoms with Crippen LogP contribution in [0.3, 0.4) is 0 Å². The van der Waals surface area contributed by atoms with Crippen LogP contribution < -0.4 is 9.47 Å². The number of para-hydroxylation sites is 1. The van der Waals surface area contributed by atoms with Gasteiger partial charge in [0.1, 0.15) is 5.75 Å². The van der Waals surface area contributed by atoms with E-state index in [4.69, 9.17) is 21.1 Å². The number of benzene rings is 2. The lowest BCUT2D eigenvalue weighted by molar-refractivity contribution is 0.0919. The van der Waals surface area contributed by atoms with Crippen molar-refractivity contribution >= 4 is 17.4 Å². The van der Waals surface area contributed by atoms with Crippen molar-refractivity contribution in [3.63, 3.8) is 0 Å². The first-order valence-electron chi connectivity index (χ1n) is 6.44. The maximum absolute atomic E-state index is 13.5. The molecular formula is C16H14ClFO3. The molecule has 0 aromatic heterocycles. The molecule has 2 aromatic carbocycles. The van der Waals surface area contributed by atoms with E-state index < -0.39 is 5.82 Å². The molecule has 0 heterocycles. The van der Waals surface area contributed by atoms with Crippen molar-refractivity contribution in [1.29, 1.82) is 0 Å². The van der Waals surface area contributed by atoms with Crippen molar-refractivity contribution in [2.24, 2.45) is 0 Å². The summed E-state index contributed by atoms with van der Waals surface area (Å²) in [4.78, 5) is 12.0. The van der Waals surface area contributed by atoms with Gasteiger partial charge in [0.05, 0.1) is 11.6 Å². The molecule has 3 nitrogen and oxygen atoms in total. The summed E-state index contributed by atoms with van der Waals surface area (Å²) in [6, 6.07) is 10.9. The molecule has 0 spiro atoms. The van der Waals surface area contributed by atoms with Crippen LogP contribution in [0.15, 0.2) is 42.5 Å². The van der Waals surface area contributed by atoms with Crippen LogP contribution in [-0.4, -0.2) is 19.0 Å². The Kier molecular flexibility index (Phi) is 5.17. The van der Waals surface area contributed by atoms with Gasteiger partial charge in [-0.05, 0) is 43.3 Å². The van der Waals surface area contributed by atoms with Crippen LogP contribution >= 0.6 is 11.6 Å². The lowest BCUT2D eigenvalue weighted by Gasteiger charge is -2.08. The van der Waals surface area contributed by atoms with Gasteiger partial charge in [-0.15, -0.1) is 0 Å². The fourth-order valence-electron chi connectivity index (χ4n) is 1.75. The van der Waals surface area contributed by atoms with Crippen LogP contribution in [0.4, 0.5) is 4.39 Å². The number of carbonyl (C=O) groups excluding carboxylic acids is 1. The largest absolute Gasteiger partial charge is 0.494 e. The number of carbonyl (C=O) groups is 1. The van der Waals surface area contributed by atoms with Crippen LogP contribution in [0.25, 0.3) is 0 Å². The van der Waals surface area contributed by atoms with Crippen molar-refractivity contribution < 1.29 is 18.7 Å². The average molecular weight is 309 g/mol. The maximum Gasteiger partial charge on any atom is 0.200 e. The molecule has 0 N–H and O–H groups in total. The van der Waals surface area contributed by atoms with Gasteiger partial charge >= 0.3 is 0 Å². The second kappa shape index (κ2) is 7.09. The summed E-state index contributed by atoms with van der Waals surface area (Å²) in [6.07, 6.45) is 0. The number of hydrogen-bond donors (Lipinski definition) is 0. The predicted molar refractivity (Wildman–Crippen MR) is 78.8 cm³/mol. The summed E-state index contributed by atoms with van der Waals surface area (Å²) in [5.74, 6) is -0.287. The van der Waals surface area contributed by atoms with Crippen LogP contribution in [0.2, 0.25) is 5.02 Å². The van der Waals surface area contributed by atoms with Crippen LogP contribution in [0.5, 0.6) is 11.5 Å². The second-order valence-corrected chi connectivity index (χ2v) is 4.63. The third-order valence-electron chi connectivity index (χ3n) is 2.75. The van der Waals surface area contributed by atoms with E-state index in [2.05, 4.69) is 0 Å². The van der Waals surface area contributed by atoms with Crippen LogP contribution in [-0.2, 0) is 0 Å². The van der Waals surface area contributed by atoms with Crippen molar-refractivity contribution in [3.8, 4) is 11.5 Å². The van der Waals surface area contributed by atoms with Crippen molar-refractivity contribution in [2.75, 3.05) is 13.2 Å². The fraction of sp³-hybridized carbons (Fsp3) is 0.188. The molecule has 0 aliphatic carbocycles. The fourth-order valence-corrected chi connectivity index (χ4v) is 1.96. The minimum absolute atomic E-state index is 0.113. The summed E-state index contributed by atoms with van der Waals surface area (Å²) in [5, 5.41) is 0.134. The Morgan fingerprint density at radius 1 is 1.14 bits per heavy atom. The number of ketones is 1. The Morgan fingerprint density at radius 2 is 1.86 bits per heavy atom. The summed E-state index contributed by atoms with van der Waals surface area (Å²) in [5.41, 5.74) is 0.464. The average Bonchev–Trinajstić information content (AvgIpc) is 2.47. The molecule has 21 heavy (non-hydrogen) atoms. The molecule has 2 rings (SSSR count). The second-order valence-electron chi connectivity index (χ2n) is 4.22. The molecule has 0 radical (unpaired) electrons. The Hall–Kier alpha value is -2.07. The Balaban J connectivity index is 2.01. The van der Waals surface area contributed by atoms with Crippen molar-refractivity contribution in [3.05, 3.63) is 58.9 Å². The molecule has 0 aliphatic rings. The SMILES string of the molecule is CCOc1ccc(C(=O)COc2c(F)cccc2Cl)cc1. The first-order chi connectivity index (χ1) is 10.1. The lowest BCUT2D eigenvalue weighted by atomic mass is 10.1. The van der Waals surface area contributed by atoms with Gasteiger partial charge in [-0.25, -0.2) is 4.39 Å². The molecule has 0 fully saturated rings. The van der Waals surface area contributed by atoms with E-state index in [0.29, 0.717) is 17.9 Å². The molecule has 0 amide bonds. The van der Waals surface area contributed by atoms with Crippen molar-refractivity contribution in [1.82, 2.24) is 0 Å². The smallest absolute Gasteiger partial charge is 0.200 e. The number of ether oxygens (including phenoxy) is 2. The topological polar surface area (TPSA) is 35.5 Å². The Morgan fingerprint density at radius 3 is 2.48 bits per heavy atom. The van der Waals surface area contributed by atoms with Gasteiger partial charge in [-0.2, -0.15) is 0 Å². The van der Waals surface area contributed by atoms with Crippen LogP contribution in [0, 0.1) is 5.82 Å². The van der Waals surface area contributed by atoms with Gasteiger partial charge in [0.25, 0.3) is 0 Å². The zero-order valence-electron chi connectivity index (χ0n) is 11.4. The third kappa shape index (κ3) is 3.95. The number of halogens is 2. The van der Waals surface area contributed by atoms with Gasteiger partial charge in [-0.1, -0.05) is 17.7 Å². The minimum Gasteiger partial charge on any atom is -0.494 e. The molecule has 0 bridgehead atoms. The van der Waals surface area contributed by atoms with E-state index in [9.17, 15) is 9.18 Å². The zero-order valence-corrected chi connectivity index (χ0v) is 12.2. The predicted octanol–water partition coefficient (Wildman–Crippen LogP) is 4.14. The van der Waals surface area contributed by atoms with Crippen molar-refractivity contribution in [2.45, 2.75) is 6.92 Å². The Bertz CT molecular complexity index is 606. The van der Waals surface area contributed by atoms with E-state index in [-0.39, 0.29) is 23.2 Å². The molecule has 0 saturated heterocycles. The minimum atomic E-state index is -0.595. The molecule has 0 aliphatic heterocycles. The molecule has 2 aromatic rings. The normalized spacial score (nSPS) is 10.2. The van der Waals surface area contributed by atoms with Gasteiger partial charge in [0.15, 0.2) is 24.0 Å². The molecule has 110 valence electrons. The van der Waals surface area contributed by atoms with Gasteiger partial charge in [0, 0.05) is 5.56 Å². The van der Waals surface area contributed by atoms with E-state index in [1.54, 1.807) is 24.3 Å². The Labute approximate surface area is 127 Å². The number of Topliss-reactive ketones (excluding diaryl/α,β-unsaturated/α-hetero) is 1. The summed E-state index contributed by atoms with van der Waals surface area (Å²) < 4.78 is 24.0. The van der Waals surface area contributed by atoms with E-state index in [0.717, 1.165) is 0 Å². The van der Waals surface area contributed by atoms with Gasteiger partial charge in [0.2, 0.25) is 0 Å². The molecular weight excluding hydrogens is 295 g/mol. The van der Waals surface area contributed by atoms with E-state index >= 15 is 0 Å². The third-order valence-corrected chi connectivity index (χ3v) is 3.05. The van der Waals surface area contributed by atoms with Gasteiger partial charge in [-0.3, -0.25) is 4.79 Å². The maximum atomic E-state index is 13.5. The highest BCUT2D eigenvalue weighted by Gasteiger charge is 2.12. The molecule has 0 atom stereocenters. The van der Waals surface area contributed by atoms with E-state index in [1.807, 2.05) is 6.92 Å². The molecule has 5 heteroatoms. The standard InChI is InChI=1S/C16H14ClFO3/c1-2-20-12-8-6-11(7-9-12)15(19)10-21-16-13(17)4-3-5-14(16)18/h3-9H,2,10H2,1H3. The number of rotatable bonds is 6.